The Balaban J connectivity index is 1.63. The molecule has 0 unspecified atom stereocenters. The summed E-state index contributed by atoms with van der Waals surface area (Å²) >= 11 is 0. The summed E-state index contributed by atoms with van der Waals surface area (Å²) in [5, 5.41) is 21.0. The van der Waals surface area contributed by atoms with Crippen molar-refractivity contribution in [3.8, 4) is 23.4 Å². The van der Waals surface area contributed by atoms with Crippen LogP contribution in [-0.4, -0.2) is 39.3 Å². The molecule has 1 N–H and O–H groups in total. The molecule has 1 atom stereocenters. The summed E-state index contributed by atoms with van der Waals surface area (Å²) in [6.45, 7) is 1.19. The Morgan fingerprint density at radius 1 is 1.22 bits per heavy atom. The predicted octanol–water partition coefficient (Wildman–Crippen LogP) is 2.16. The van der Waals surface area contributed by atoms with Gasteiger partial charge in [-0.3, -0.25) is 9.20 Å². The lowest BCUT2D eigenvalue weighted by Crippen LogP contribution is -2.36. The molecule has 0 bridgehead atoms. The number of nitrogens with one attached hydrogen (secondary N) is 1. The molecule has 1 aromatic carbocycles. The molecule has 1 fully saturated rings. The third-order valence-electron chi connectivity index (χ3n) is 4.73. The first-order chi connectivity index (χ1) is 13.2. The van der Waals surface area contributed by atoms with Gasteiger partial charge in [-0.05, 0) is 41.8 Å². The molecule has 1 amide bonds. The molecule has 0 saturated carbocycles. The van der Waals surface area contributed by atoms with Gasteiger partial charge in [0.15, 0.2) is 6.19 Å². The van der Waals surface area contributed by atoms with Gasteiger partial charge < -0.3 is 10.2 Å². The molecule has 3 heterocycles. The predicted molar refractivity (Wildman–Crippen MR) is 98.4 cm³/mol. The highest BCUT2D eigenvalue weighted by Gasteiger charge is 2.24. The minimum absolute atomic E-state index is 0.0433. The monoisotopic (exact) mass is 356 g/mol. The van der Waals surface area contributed by atoms with Crippen LogP contribution in [0.2, 0.25) is 0 Å². The van der Waals surface area contributed by atoms with Gasteiger partial charge in [0.1, 0.15) is 11.3 Å². The Morgan fingerprint density at radius 3 is 2.89 bits per heavy atom. The lowest BCUT2D eigenvalue weighted by molar-refractivity contribution is 0.0933. The fourth-order valence-corrected chi connectivity index (χ4v) is 3.32. The van der Waals surface area contributed by atoms with Crippen LogP contribution in [0.15, 0.2) is 48.8 Å². The van der Waals surface area contributed by atoms with Crippen LogP contribution in [0.1, 0.15) is 22.5 Å². The van der Waals surface area contributed by atoms with E-state index in [2.05, 4.69) is 22.6 Å². The summed E-state index contributed by atoms with van der Waals surface area (Å²) in [6, 6.07) is 13.2. The van der Waals surface area contributed by atoms with E-state index in [1.165, 1.54) is 0 Å². The molecular weight excluding hydrogens is 340 g/mol. The van der Waals surface area contributed by atoms with Crippen LogP contribution in [0.3, 0.4) is 0 Å². The van der Waals surface area contributed by atoms with E-state index in [1.807, 2.05) is 36.5 Å². The zero-order chi connectivity index (χ0) is 18.8. The number of benzene rings is 1. The molecule has 3 aromatic rings. The number of hydrogen-bond acceptors (Lipinski definition) is 5. The van der Waals surface area contributed by atoms with E-state index in [4.69, 9.17) is 10.5 Å². The maximum absolute atomic E-state index is 12.7. The van der Waals surface area contributed by atoms with Crippen molar-refractivity contribution in [3.63, 3.8) is 0 Å². The third kappa shape index (κ3) is 3.19. The summed E-state index contributed by atoms with van der Waals surface area (Å²) < 4.78 is 1.75. The Labute approximate surface area is 156 Å². The highest BCUT2D eigenvalue weighted by molar-refractivity contribution is 5.93. The molecule has 4 rings (SSSR count). The highest BCUT2D eigenvalue weighted by Crippen LogP contribution is 2.22. The van der Waals surface area contributed by atoms with Gasteiger partial charge in [0.05, 0.1) is 17.8 Å². The number of nitrogens with zero attached hydrogens (tertiary/aromatic N) is 5. The van der Waals surface area contributed by atoms with E-state index in [0.717, 1.165) is 17.5 Å². The van der Waals surface area contributed by atoms with Crippen molar-refractivity contribution in [2.24, 2.45) is 0 Å². The van der Waals surface area contributed by atoms with Gasteiger partial charge in [0.25, 0.3) is 5.91 Å². The Hall–Kier alpha value is -3.84. The van der Waals surface area contributed by atoms with Crippen molar-refractivity contribution in [3.05, 3.63) is 60.0 Å². The maximum Gasteiger partial charge on any atom is 0.270 e. The second-order valence-electron chi connectivity index (χ2n) is 6.49. The smallest absolute Gasteiger partial charge is 0.270 e. The van der Waals surface area contributed by atoms with Crippen LogP contribution < -0.4 is 5.32 Å². The molecule has 1 aliphatic rings. The highest BCUT2D eigenvalue weighted by atomic mass is 16.2. The molecule has 0 radical (unpaired) electrons. The number of carbonyl (C=O) groups is 1. The van der Waals surface area contributed by atoms with Crippen LogP contribution in [0.5, 0.6) is 0 Å². The first-order valence-electron chi connectivity index (χ1n) is 8.61. The molecule has 7 nitrogen and oxygen atoms in total. The molecule has 27 heavy (non-hydrogen) atoms. The number of amides is 1. The Kier molecular flexibility index (Phi) is 4.19. The topological polar surface area (TPSA) is 97.2 Å². The number of carbonyl (C=O) groups excluding carboxylic acids is 1. The van der Waals surface area contributed by atoms with Crippen LogP contribution >= 0.6 is 0 Å². The lowest BCUT2D eigenvalue weighted by atomic mass is 10.1. The Morgan fingerprint density at radius 2 is 2.11 bits per heavy atom. The van der Waals surface area contributed by atoms with Crippen LogP contribution in [-0.2, 0) is 0 Å². The van der Waals surface area contributed by atoms with Gasteiger partial charge in [-0.2, -0.15) is 10.5 Å². The second-order valence-corrected chi connectivity index (χ2v) is 6.49. The molecule has 132 valence electrons. The van der Waals surface area contributed by atoms with E-state index in [1.54, 1.807) is 21.6 Å². The van der Waals surface area contributed by atoms with Crippen LogP contribution in [0.25, 0.3) is 16.8 Å². The van der Waals surface area contributed by atoms with Crippen molar-refractivity contribution in [2.75, 3.05) is 13.1 Å². The van der Waals surface area contributed by atoms with Crippen molar-refractivity contribution in [1.29, 1.82) is 10.5 Å². The minimum Gasteiger partial charge on any atom is -0.346 e. The average Bonchev–Trinajstić information content (AvgIpc) is 3.34. The van der Waals surface area contributed by atoms with Crippen molar-refractivity contribution >= 4 is 11.6 Å². The van der Waals surface area contributed by atoms with Crippen molar-refractivity contribution in [1.82, 2.24) is 19.6 Å². The summed E-state index contributed by atoms with van der Waals surface area (Å²) in [5.41, 5.74) is 3.49. The molecule has 1 aliphatic heterocycles. The first-order valence-corrected chi connectivity index (χ1v) is 8.61. The van der Waals surface area contributed by atoms with E-state index >= 15 is 0 Å². The third-order valence-corrected chi connectivity index (χ3v) is 4.73. The summed E-state index contributed by atoms with van der Waals surface area (Å²) in [7, 11) is 0. The van der Waals surface area contributed by atoms with Gasteiger partial charge in [0.2, 0.25) is 0 Å². The molecular formula is C20H16N6O. The van der Waals surface area contributed by atoms with Crippen molar-refractivity contribution < 1.29 is 4.79 Å². The number of imidazole rings is 1. The standard InChI is InChI=1S/C20H16N6O/c21-9-14-2-1-3-15(8-14)16-4-5-19-23-10-18(26(19)11-16)20(27)24-17-6-7-25(12-17)13-22/h1-5,8,10-11,17H,6-7,12H2,(H,24,27)/t17-/m1/s1. The van der Waals surface area contributed by atoms with E-state index in [-0.39, 0.29) is 11.9 Å². The van der Waals surface area contributed by atoms with E-state index in [9.17, 15) is 4.79 Å². The lowest BCUT2D eigenvalue weighted by Gasteiger charge is -2.12. The fraction of sp³-hybridized carbons (Fsp3) is 0.200. The van der Waals surface area contributed by atoms with Gasteiger partial charge >= 0.3 is 0 Å². The van der Waals surface area contributed by atoms with Crippen LogP contribution in [0.4, 0.5) is 0 Å². The summed E-state index contributed by atoms with van der Waals surface area (Å²) in [4.78, 5) is 18.6. The number of aromatic nitrogens is 2. The van der Waals surface area contributed by atoms with E-state index < -0.39 is 0 Å². The molecule has 0 spiro atoms. The number of nitriles is 2. The first kappa shape index (κ1) is 16.6. The second kappa shape index (κ2) is 6.81. The molecule has 2 aromatic heterocycles. The number of fused-ring (bicyclic) bond motifs is 1. The van der Waals surface area contributed by atoms with Gasteiger partial charge in [-0.25, -0.2) is 4.98 Å². The molecule has 1 saturated heterocycles. The largest absolute Gasteiger partial charge is 0.346 e. The van der Waals surface area contributed by atoms with Crippen LogP contribution in [0, 0.1) is 22.8 Å². The minimum atomic E-state index is -0.213. The Bertz CT molecular complexity index is 1100. The summed E-state index contributed by atoms with van der Waals surface area (Å²) in [6.07, 6.45) is 6.26. The molecule has 7 heteroatoms. The maximum atomic E-state index is 12.7. The number of hydrogen-bond donors (Lipinski definition) is 1. The fourth-order valence-electron chi connectivity index (χ4n) is 3.32. The van der Waals surface area contributed by atoms with E-state index in [0.29, 0.717) is 30.0 Å². The van der Waals surface area contributed by atoms with Gasteiger partial charge in [0, 0.05) is 25.3 Å². The quantitative estimate of drug-likeness (QED) is 0.725. The average molecular weight is 356 g/mol. The zero-order valence-electron chi connectivity index (χ0n) is 14.5. The number of pyridine rings is 1. The van der Waals surface area contributed by atoms with Gasteiger partial charge in [-0.15, -0.1) is 0 Å². The number of rotatable bonds is 3. The van der Waals surface area contributed by atoms with Crippen molar-refractivity contribution in [2.45, 2.75) is 12.5 Å². The molecule has 0 aliphatic carbocycles. The SMILES string of the molecule is N#Cc1cccc(-c2ccc3ncc(C(=O)N[C@@H]4CCN(C#N)C4)n3c2)c1. The van der Waals surface area contributed by atoms with Gasteiger partial charge in [-0.1, -0.05) is 12.1 Å². The zero-order valence-corrected chi connectivity index (χ0v) is 14.5. The normalized spacial score (nSPS) is 16.1. The summed E-state index contributed by atoms with van der Waals surface area (Å²) in [5.74, 6) is -0.213. The number of likely N-dealkylation sites (tertiary alicyclic amines) is 1.